The second kappa shape index (κ2) is 10.3. The number of likely N-dealkylation sites (tertiary alicyclic amines) is 1. The fourth-order valence-electron chi connectivity index (χ4n) is 2.45. The number of carbonyl (C=O) groups is 1. The molecule has 1 aliphatic heterocycles. The van der Waals surface area contributed by atoms with Crippen molar-refractivity contribution in [3.8, 4) is 0 Å². The molecule has 1 saturated heterocycles. The number of aliphatic imine (C=N–C) groups is 1. The molecule has 0 saturated carbocycles. The molecule has 1 fully saturated rings. The third-order valence-corrected chi connectivity index (χ3v) is 4.05. The normalized spacial score (nSPS) is 19.6. The first-order valence-electron chi connectivity index (χ1n) is 7.96. The minimum Gasteiger partial charge on any atom is -0.369 e. The summed E-state index contributed by atoms with van der Waals surface area (Å²) >= 11 is 0. The van der Waals surface area contributed by atoms with Crippen molar-refractivity contribution in [3.63, 3.8) is 0 Å². The van der Waals surface area contributed by atoms with Crippen LogP contribution in [-0.2, 0) is 4.79 Å². The van der Waals surface area contributed by atoms with E-state index in [2.05, 4.69) is 27.4 Å². The lowest BCUT2D eigenvalue weighted by molar-refractivity contribution is -0.125. The van der Waals surface area contributed by atoms with E-state index in [1.807, 2.05) is 20.8 Å². The Hall–Kier alpha value is -0.570. The van der Waals surface area contributed by atoms with Crippen LogP contribution >= 0.6 is 24.0 Å². The minimum atomic E-state index is -0.620. The predicted octanol–water partition coefficient (Wildman–Crippen LogP) is 1.16. The molecule has 7 heteroatoms. The lowest BCUT2D eigenvalue weighted by atomic mass is 9.93. The summed E-state index contributed by atoms with van der Waals surface area (Å²) in [5.74, 6) is 0.435. The molecular formula is C15H32IN5O. The molecule has 0 aromatic heterocycles. The van der Waals surface area contributed by atoms with E-state index in [1.165, 1.54) is 19.4 Å². The second-order valence-corrected chi connectivity index (χ2v) is 6.25. The van der Waals surface area contributed by atoms with Gasteiger partial charge in [0.2, 0.25) is 5.91 Å². The Morgan fingerprint density at radius 3 is 2.59 bits per heavy atom. The Morgan fingerprint density at radius 2 is 2.05 bits per heavy atom. The number of hydrogen-bond donors (Lipinski definition) is 3. The number of primary amides is 1. The highest BCUT2D eigenvalue weighted by Crippen LogP contribution is 2.16. The van der Waals surface area contributed by atoms with Crippen LogP contribution in [0.15, 0.2) is 4.99 Å². The SMILES string of the molecule is CCNC(=NCC(C)(C)C(N)=O)NCC1CCCN1CC.I. The van der Waals surface area contributed by atoms with E-state index < -0.39 is 5.41 Å². The van der Waals surface area contributed by atoms with Gasteiger partial charge in [0.05, 0.1) is 12.0 Å². The fraction of sp³-hybridized carbons (Fsp3) is 0.867. The summed E-state index contributed by atoms with van der Waals surface area (Å²) in [5.41, 5.74) is 4.76. The largest absolute Gasteiger partial charge is 0.369 e. The third kappa shape index (κ3) is 6.68. The van der Waals surface area contributed by atoms with Crippen LogP contribution in [0, 0.1) is 5.41 Å². The van der Waals surface area contributed by atoms with Crippen LogP contribution in [0.2, 0.25) is 0 Å². The van der Waals surface area contributed by atoms with E-state index in [4.69, 9.17) is 5.73 Å². The summed E-state index contributed by atoms with van der Waals surface area (Å²) in [7, 11) is 0. The van der Waals surface area contributed by atoms with Crippen LogP contribution in [0.5, 0.6) is 0 Å². The minimum absolute atomic E-state index is 0. The van der Waals surface area contributed by atoms with E-state index >= 15 is 0 Å². The first-order valence-corrected chi connectivity index (χ1v) is 7.96. The molecular weight excluding hydrogens is 393 g/mol. The van der Waals surface area contributed by atoms with Gasteiger partial charge in [-0.3, -0.25) is 14.7 Å². The zero-order valence-electron chi connectivity index (χ0n) is 14.3. The van der Waals surface area contributed by atoms with Crippen molar-refractivity contribution in [1.29, 1.82) is 0 Å². The number of nitrogens with zero attached hydrogens (tertiary/aromatic N) is 2. The van der Waals surface area contributed by atoms with Gasteiger partial charge < -0.3 is 16.4 Å². The molecule has 1 heterocycles. The Morgan fingerprint density at radius 1 is 1.36 bits per heavy atom. The first kappa shape index (κ1) is 21.4. The van der Waals surface area contributed by atoms with Crippen molar-refractivity contribution < 1.29 is 4.79 Å². The quantitative estimate of drug-likeness (QED) is 0.325. The van der Waals surface area contributed by atoms with E-state index in [9.17, 15) is 4.79 Å². The van der Waals surface area contributed by atoms with Crippen molar-refractivity contribution >= 4 is 35.8 Å². The van der Waals surface area contributed by atoms with E-state index in [1.54, 1.807) is 0 Å². The van der Waals surface area contributed by atoms with Gasteiger partial charge in [0.15, 0.2) is 5.96 Å². The Labute approximate surface area is 151 Å². The van der Waals surface area contributed by atoms with E-state index in [0.717, 1.165) is 25.6 Å². The van der Waals surface area contributed by atoms with Crippen LogP contribution in [0.3, 0.4) is 0 Å². The molecule has 130 valence electrons. The number of nitrogens with two attached hydrogens (primary N) is 1. The predicted molar refractivity (Wildman–Crippen MR) is 103 cm³/mol. The van der Waals surface area contributed by atoms with Gasteiger partial charge in [0, 0.05) is 19.1 Å². The molecule has 1 atom stereocenters. The van der Waals surface area contributed by atoms with Gasteiger partial charge in [-0.15, -0.1) is 24.0 Å². The number of halogens is 1. The summed E-state index contributed by atoms with van der Waals surface area (Å²) in [6, 6.07) is 0.572. The Bertz CT molecular complexity index is 373. The van der Waals surface area contributed by atoms with Crippen LogP contribution in [0.4, 0.5) is 0 Å². The number of amides is 1. The molecule has 1 rings (SSSR count). The Balaban J connectivity index is 0.00000441. The number of hydrogen-bond acceptors (Lipinski definition) is 3. The summed E-state index contributed by atoms with van der Waals surface area (Å²) in [6.07, 6.45) is 2.50. The number of nitrogens with one attached hydrogen (secondary N) is 2. The highest BCUT2D eigenvalue weighted by molar-refractivity contribution is 14.0. The van der Waals surface area contributed by atoms with Crippen molar-refractivity contribution in [3.05, 3.63) is 0 Å². The standard InChI is InChI=1S/C15H31N5O.HI/c1-5-17-14(19-11-15(3,4)13(16)21)18-10-12-8-7-9-20(12)6-2;/h12H,5-11H2,1-4H3,(H2,16,21)(H2,17,18,19);1H. The molecule has 0 spiro atoms. The molecule has 6 nitrogen and oxygen atoms in total. The average Bonchev–Trinajstić information content (AvgIpc) is 2.89. The van der Waals surface area contributed by atoms with Crippen molar-refractivity contribution in [2.45, 2.75) is 46.6 Å². The number of likely N-dealkylation sites (N-methyl/N-ethyl adjacent to an activating group) is 1. The Kier molecular flexibility index (Phi) is 9.99. The molecule has 0 radical (unpaired) electrons. The van der Waals surface area contributed by atoms with Crippen LogP contribution in [0.25, 0.3) is 0 Å². The van der Waals surface area contributed by atoms with Crippen molar-refractivity contribution in [1.82, 2.24) is 15.5 Å². The van der Waals surface area contributed by atoms with Gasteiger partial charge in [-0.2, -0.15) is 0 Å². The summed E-state index contributed by atoms with van der Waals surface area (Å²) in [6.45, 7) is 12.2. The highest BCUT2D eigenvalue weighted by Gasteiger charge is 2.25. The van der Waals surface area contributed by atoms with Gasteiger partial charge in [-0.1, -0.05) is 6.92 Å². The van der Waals surface area contributed by atoms with Crippen molar-refractivity contribution in [2.75, 3.05) is 32.7 Å². The maximum absolute atomic E-state index is 11.3. The van der Waals surface area contributed by atoms with Gasteiger partial charge >= 0.3 is 0 Å². The van der Waals surface area contributed by atoms with E-state index in [-0.39, 0.29) is 29.9 Å². The molecule has 1 aliphatic rings. The molecule has 1 unspecified atom stereocenters. The molecule has 0 bridgehead atoms. The lowest BCUT2D eigenvalue weighted by Gasteiger charge is -2.24. The maximum Gasteiger partial charge on any atom is 0.224 e. The zero-order valence-corrected chi connectivity index (χ0v) is 16.6. The van der Waals surface area contributed by atoms with Gasteiger partial charge in [-0.25, -0.2) is 0 Å². The molecule has 0 aromatic rings. The molecule has 4 N–H and O–H groups in total. The first-order chi connectivity index (χ1) is 9.90. The zero-order chi connectivity index (χ0) is 15.9. The second-order valence-electron chi connectivity index (χ2n) is 6.25. The summed E-state index contributed by atoms with van der Waals surface area (Å²) in [5, 5.41) is 6.60. The highest BCUT2D eigenvalue weighted by atomic mass is 127. The third-order valence-electron chi connectivity index (χ3n) is 4.05. The molecule has 22 heavy (non-hydrogen) atoms. The molecule has 0 aromatic carbocycles. The van der Waals surface area contributed by atoms with Crippen LogP contribution in [0.1, 0.15) is 40.5 Å². The summed E-state index contributed by atoms with van der Waals surface area (Å²) in [4.78, 5) is 18.3. The van der Waals surface area contributed by atoms with Gasteiger partial charge in [-0.05, 0) is 46.7 Å². The average molecular weight is 425 g/mol. The fourth-order valence-corrected chi connectivity index (χ4v) is 2.45. The van der Waals surface area contributed by atoms with Gasteiger partial charge in [0.1, 0.15) is 0 Å². The number of guanidine groups is 1. The topological polar surface area (TPSA) is 82.7 Å². The monoisotopic (exact) mass is 425 g/mol. The maximum atomic E-state index is 11.3. The lowest BCUT2D eigenvalue weighted by Crippen LogP contribution is -2.45. The van der Waals surface area contributed by atoms with Crippen LogP contribution in [-0.4, -0.2) is 55.5 Å². The van der Waals surface area contributed by atoms with E-state index in [0.29, 0.717) is 12.6 Å². The van der Waals surface area contributed by atoms with Crippen molar-refractivity contribution in [2.24, 2.45) is 16.1 Å². The molecule has 1 amide bonds. The van der Waals surface area contributed by atoms with Gasteiger partial charge in [0.25, 0.3) is 0 Å². The number of rotatable bonds is 7. The number of carbonyl (C=O) groups excluding carboxylic acids is 1. The summed E-state index contributed by atoms with van der Waals surface area (Å²) < 4.78 is 0. The molecule has 0 aliphatic carbocycles. The van der Waals surface area contributed by atoms with Crippen LogP contribution < -0.4 is 16.4 Å². The smallest absolute Gasteiger partial charge is 0.224 e.